The topological polar surface area (TPSA) is 101 Å². The summed E-state index contributed by atoms with van der Waals surface area (Å²) in [6, 6.07) is 10.9. The fourth-order valence-corrected chi connectivity index (χ4v) is 5.04. The fraction of sp³-hybridized carbons (Fsp3) is 0.360. The van der Waals surface area contributed by atoms with Crippen molar-refractivity contribution in [2.45, 2.75) is 50.0 Å². The van der Waals surface area contributed by atoms with E-state index >= 15 is 0 Å². The van der Waals surface area contributed by atoms with Gasteiger partial charge in [-0.15, -0.1) is 0 Å². The number of alkyl halides is 3. The highest BCUT2D eigenvalue weighted by molar-refractivity contribution is 5.94. The summed E-state index contributed by atoms with van der Waals surface area (Å²) >= 11 is 0. The highest BCUT2D eigenvalue weighted by atomic mass is 19.4. The Bertz CT molecular complexity index is 1430. The minimum absolute atomic E-state index is 0.0379. The summed E-state index contributed by atoms with van der Waals surface area (Å²) in [5.41, 5.74) is 1.21. The van der Waals surface area contributed by atoms with Crippen LogP contribution < -0.4 is 10.1 Å². The summed E-state index contributed by atoms with van der Waals surface area (Å²) in [4.78, 5) is 19.5. The van der Waals surface area contributed by atoms with Gasteiger partial charge < -0.3 is 15.0 Å². The molecule has 2 N–H and O–H groups in total. The largest absolute Gasteiger partial charge is 0.490 e. The SMILES string of the molecule is O=C(Nc1cn[nH]c1-c1cc2c(cn1)cnn2CC(F)(F)F)N1CCC(Oc2ccccc2)CC12CC2. The van der Waals surface area contributed by atoms with Crippen molar-refractivity contribution >= 4 is 22.6 Å². The van der Waals surface area contributed by atoms with Crippen molar-refractivity contribution in [2.75, 3.05) is 11.9 Å². The summed E-state index contributed by atoms with van der Waals surface area (Å²) < 4.78 is 45.9. The van der Waals surface area contributed by atoms with Crippen molar-refractivity contribution in [3.8, 4) is 17.1 Å². The van der Waals surface area contributed by atoms with Gasteiger partial charge in [0.2, 0.25) is 0 Å². The van der Waals surface area contributed by atoms with Crippen LogP contribution in [0.2, 0.25) is 0 Å². The first-order valence-corrected chi connectivity index (χ1v) is 12.0. The smallest absolute Gasteiger partial charge is 0.408 e. The van der Waals surface area contributed by atoms with Crippen LogP contribution in [0.15, 0.2) is 55.0 Å². The molecule has 2 aliphatic rings. The van der Waals surface area contributed by atoms with Crippen molar-refractivity contribution in [3.63, 3.8) is 0 Å². The molecule has 12 heteroatoms. The number of nitrogens with one attached hydrogen (secondary N) is 2. The number of benzene rings is 1. The summed E-state index contributed by atoms with van der Waals surface area (Å²) in [7, 11) is 0. The number of para-hydroxylation sites is 1. The molecule has 1 saturated carbocycles. The predicted molar refractivity (Wildman–Crippen MR) is 129 cm³/mol. The molecule has 9 nitrogen and oxygen atoms in total. The molecule has 0 bridgehead atoms. The van der Waals surface area contributed by atoms with Gasteiger partial charge in [-0.2, -0.15) is 23.4 Å². The monoisotopic (exact) mass is 511 g/mol. The standard InChI is InChI=1S/C25H24F3N7O2/c26-25(27,28)15-35-21-10-19(29-12-16(21)13-31-35)22-20(14-30-33-22)32-23(36)34-9-6-18(11-24(34)7-8-24)37-17-4-2-1-3-5-17/h1-5,10,12-14,18H,6-9,11,15H2,(H,30,33)(H,32,36). The molecule has 6 rings (SSSR count). The number of piperidine rings is 1. The van der Waals surface area contributed by atoms with E-state index in [0.29, 0.717) is 35.4 Å². The van der Waals surface area contributed by atoms with E-state index in [-0.39, 0.29) is 23.2 Å². The van der Waals surface area contributed by atoms with E-state index in [1.165, 1.54) is 24.7 Å². The van der Waals surface area contributed by atoms with Crippen LogP contribution in [0, 0.1) is 0 Å². The second kappa shape index (κ2) is 8.79. The number of rotatable bonds is 5. The molecule has 37 heavy (non-hydrogen) atoms. The van der Waals surface area contributed by atoms with E-state index in [1.807, 2.05) is 35.2 Å². The normalized spacial score (nSPS) is 18.8. The molecule has 1 aromatic carbocycles. The maximum Gasteiger partial charge on any atom is 0.408 e. The van der Waals surface area contributed by atoms with Crippen LogP contribution in [-0.2, 0) is 6.54 Å². The van der Waals surface area contributed by atoms with Gasteiger partial charge in [-0.1, -0.05) is 18.2 Å². The van der Waals surface area contributed by atoms with E-state index in [2.05, 4.69) is 25.6 Å². The third-order valence-corrected chi connectivity index (χ3v) is 6.97. The molecule has 1 aliphatic heterocycles. The number of aromatic nitrogens is 5. The number of aromatic amines is 1. The average Bonchev–Trinajstić information content (AvgIpc) is 3.28. The molecule has 1 saturated heterocycles. The fourth-order valence-electron chi connectivity index (χ4n) is 5.04. The number of urea groups is 1. The number of fused-ring (bicyclic) bond motifs is 1. The molecular weight excluding hydrogens is 487 g/mol. The molecule has 4 heterocycles. The van der Waals surface area contributed by atoms with Crippen LogP contribution >= 0.6 is 0 Å². The maximum absolute atomic E-state index is 13.3. The predicted octanol–water partition coefficient (Wildman–Crippen LogP) is 4.99. The van der Waals surface area contributed by atoms with E-state index in [1.54, 1.807) is 0 Å². The second-order valence-electron chi connectivity index (χ2n) is 9.56. The lowest BCUT2D eigenvalue weighted by Gasteiger charge is -2.40. The Hall–Kier alpha value is -4.09. The van der Waals surface area contributed by atoms with E-state index in [9.17, 15) is 18.0 Å². The van der Waals surface area contributed by atoms with Gasteiger partial charge in [-0.25, -0.2) is 4.79 Å². The number of halogens is 3. The number of anilines is 1. The summed E-state index contributed by atoms with van der Waals surface area (Å²) in [5, 5.41) is 14.1. The Balaban J connectivity index is 1.18. The molecular formula is C25H24F3N7O2. The van der Waals surface area contributed by atoms with Crippen molar-refractivity contribution in [1.82, 2.24) is 29.9 Å². The lowest BCUT2D eigenvalue weighted by Crippen LogP contribution is -2.52. The Morgan fingerprint density at radius 2 is 2.00 bits per heavy atom. The molecule has 0 radical (unpaired) electrons. The quantitative estimate of drug-likeness (QED) is 0.393. The molecule has 4 aromatic rings. The number of amides is 2. The number of nitrogens with zero attached hydrogens (tertiary/aromatic N) is 5. The first kappa shape index (κ1) is 23.3. The second-order valence-corrected chi connectivity index (χ2v) is 9.56. The van der Waals surface area contributed by atoms with Gasteiger partial charge in [0.1, 0.15) is 24.1 Å². The Kier molecular flexibility index (Phi) is 5.54. The van der Waals surface area contributed by atoms with Gasteiger partial charge in [0.15, 0.2) is 0 Å². The number of ether oxygens (including phenoxy) is 1. The van der Waals surface area contributed by atoms with Crippen molar-refractivity contribution < 1.29 is 22.7 Å². The first-order chi connectivity index (χ1) is 17.8. The van der Waals surface area contributed by atoms with Crippen molar-refractivity contribution in [2.24, 2.45) is 0 Å². The number of pyridine rings is 1. The van der Waals surface area contributed by atoms with Gasteiger partial charge >= 0.3 is 12.2 Å². The number of H-pyrrole nitrogens is 1. The van der Waals surface area contributed by atoms with Gasteiger partial charge in [0.25, 0.3) is 0 Å². The Labute approximate surface area is 209 Å². The number of hydrogen-bond acceptors (Lipinski definition) is 5. The maximum atomic E-state index is 13.3. The zero-order chi connectivity index (χ0) is 25.6. The molecule has 1 spiro atoms. The zero-order valence-corrected chi connectivity index (χ0v) is 19.7. The van der Waals surface area contributed by atoms with E-state index in [0.717, 1.165) is 29.7 Å². The molecule has 1 unspecified atom stereocenters. The van der Waals surface area contributed by atoms with Gasteiger partial charge in [0, 0.05) is 36.5 Å². The van der Waals surface area contributed by atoms with Crippen LogP contribution in [0.1, 0.15) is 25.7 Å². The number of carbonyl (C=O) groups excluding carboxylic acids is 1. The van der Waals surface area contributed by atoms with Crippen molar-refractivity contribution in [3.05, 3.63) is 55.0 Å². The summed E-state index contributed by atoms with van der Waals surface area (Å²) in [6.07, 6.45) is 3.19. The molecule has 192 valence electrons. The van der Waals surface area contributed by atoms with Gasteiger partial charge in [-0.3, -0.25) is 14.8 Å². The third kappa shape index (κ3) is 4.70. The number of likely N-dealkylation sites (tertiary alicyclic amines) is 1. The minimum atomic E-state index is -4.41. The van der Waals surface area contributed by atoms with Crippen LogP contribution in [-0.4, -0.2) is 60.3 Å². The van der Waals surface area contributed by atoms with Crippen LogP contribution in [0.25, 0.3) is 22.3 Å². The van der Waals surface area contributed by atoms with E-state index < -0.39 is 12.7 Å². The molecule has 2 fully saturated rings. The lowest BCUT2D eigenvalue weighted by molar-refractivity contribution is -0.141. The summed E-state index contributed by atoms with van der Waals surface area (Å²) in [6.45, 7) is -0.657. The first-order valence-electron chi connectivity index (χ1n) is 12.0. The molecule has 3 aromatic heterocycles. The van der Waals surface area contributed by atoms with Crippen LogP contribution in [0.5, 0.6) is 5.75 Å². The molecule has 1 atom stereocenters. The number of hydrogen-bond donors (Lipinski definition) is 2. The Morgan fingerprint density at radius 3 is 2.76 bits per heavy atom. The van der Waals surface area contributed by atoms with Crippen LogP contribution in [0.4, 0.5) is 23.7 Å². The van der Waals surface area contributed by atoms with E-state index in [4.69, 9.17) is 4.74 Å². The highest BCUT2D eigenvalue weighted by Gasteiger charge is 2.54. The minimum Gasteiger partial charge on any atom is -0.490 e. The molecule has 1 aliphatic carbocycles. The van der Waals surface area contributed by atoms with Gasteiger partial charge in [-0.05, 0) is 31.0 Å². The van der Waals surface area contributed by atoms with Crippen molar-refractivity contribution in [1.29, 1.82) is 0 Å². The zero-order valence-electron chi connectivity index (χ0n) is 19.7. The van der Waals surface area contributed by atoms with Gasteiger partial charge in [0.05, 0.1) is 29.3 Å². The Morgan fingerprint density at radius 1 is 1.19 bits per heavy atom. The van der Waals surface area contributed by atoms with Crippen LogP contribution in [0.3, 0.4) is 0 Å². The molecule has 2 amide bonds. The lowest BCUT2D eigenvalue weighted by atomic mass is 9.97. The highest BCUT2D eigenvalue weighted by Crippen LogP contribution is 2.49. The number of carbonyl (C=O) groups is 1. The summed E-state index contributed by atoms with van der Waals surface area (Å²) in [5.74, 6) is 0.824. The average molecular weight is 512 g/mol. The third-order valence-electron chi connectivity index (χ3n) is 6.97.